The van der Waals surface area contributed by atoms with E-state index in [1.165, 1.54) is 0 Å². The van der Waals surface area contributed by atoms with Gasteiger partial charge in [0.2, 0.25) is 11.8 Å². The second-order valence-corrected chi connectivity index (χ2v) is 7.49. The molecule has 0 bridgehead atoms. The van der Waals surface area contributed by atoms with Crippen molar-refractivity contribution in [2.75, 3.05) is 26.2 Å². The summed E-state index contributed by atoms with van der Waals surface area (Å²) in [5, 5.41) is 5.30. The van der Waals surface area contributed by atoms with E-state index in [1.54, 1.807) is 0 Å². The van der Waals surface area contributed by atoms with Gasteiger partial charge in [-0.15, -0.1) is 0 Å². The molecule has 7 nitrogen and oxygen atoms in total. The highest BCUT2D eigenvalue weighted by Gasteiger charge is 2.46. The lowest BCUT2D eigenvalue weighted by atomic mass is 9.72. The van der Waals surface area contributed by atoms with Crippen LogP contribution < -0.4 is 10.6 Å². The molecule has 4 aliphatic rings. The topological polar surface area (TPSA) is 81.8 Å². The van der Waals surface area contributed by atoms with Crippen LogP contribution in [-0.2, 0) is 9.59 Å². The first kappa shape index (κ1) is 14.8. The number of nitrogens with zero attached hydrogens (tertiary/aromatic N) is 2. The summed E-state index contributed by atoms with van der Waals surface area (Å²) in [7, 11) is 0. The molecule has 7 heteroatoms. The maximum absolute atomic E-state index is 12.5. The number of piperidine rings is 2. The minimum absolute atomic E-state index is 0.0177. The Hall–Kier alpha value is -1.79. The first-order valence-electron chi connectivity index (χ1n) is 8.69. The maximum Gasteiger partial charge on any atom is 0.315 e. The molecule has 126 valence electrons. The Labute approximate surface area is 135 Å². The zero-order chi connectivity index (χ0) is 16.0. The van der Waals surface area contributed by atoms with Crippen molar-refractivity contribution >= 4 is 17.8 Å². The fourth-order valence-electron chi connectivity index (χ4n) is 4.20. The third-order valence-electron chi connectivity index (χ3n) is 5.89. The number of urea groups is 1. The van der Waals surface area contributed by atoms with Gasteiger partial charge in [0.05, 0.1) is 0 Å². The van der Waals surface area contributed by atoms with E-state index in [4.69, 9.17) is 0 Å². The standard InChI is InChI=1S/C16H24N4O3/c21-13-3-4-16(10-20(13)11-1-2-11)5-7-19(8-6-16)14(22)12-9-17-15(23)18-12/h11-12H,1-10H2,(H2,17,18,23)/t12-/m0/s1. The van der Waals surface area contributed by atoms with Crippen LogP contribution in [0.2, 0.25) is 0 Å². The second-order valence-electron chi connectivity index (χ2n) is 7.49. The molecule has 0 unspecified atom stereocenters. The van der Waals surface area contributed by atoms with E-state index in [0.29, 0.717) is 24.9 Å². The molecule has 23 heavy (non-hydrogen) atoms. The Bertz CT molecular complexity index is 537. The Balaban J connectivity index is 1.36. The van der Waals surface area contributed by atoms with Gasteiger partial charge in [-0.05, 0) is 37.5 Å². The predicted octanol–water partition coefficient (Wildman–Crippen LogP) is 0.0614. The summed E-state index contributed by atoms with van der Waals surface area (Å²) in [6.45, 7) is 2.72. The van der Waals surface area contributed by atoms with Gasteiger partial charge in [0.15, 0.2) is 0 Å². The molecule has 1 atom stereocenters. The summed E-state index contributed by atoms with van der Waals surface area (Å²) < 4.78 is 0. The van der Waals surface area contributed by atoms with Crippen LogP contribution in [0.15, 0.2) is 0 Å². The van der Waals surface area contributed by atoms with Crippen LogP contribution in [0.5, 0.6) is 0 Å². The van der Waals surface area contributed by atoms with E-state index in [1.807, 2.05) is 4.90 Å². The summed E-state index contributed by atoms with van der Waals surface area (Å²) in [6.07, 6.45) is 5.85. The predicted molar refractivity (Wildman–Crippen MR) is 82.5 cm³/mol. The molecular weight excluding hydrogens is 296 g/mol. The van der Waals surface area contributed by atoms with Crippen LogP contribution in [-0.4, -0.2) is 65.9 Å². The summed E-state index contributed by atoms with van der Waals surface area (Å²) >= 11 is 0. The average Bonchev–Trinajstić information content (AvgIpc) is 3.31. The molecule has 1 saturated carbocycles. The van der Waals surface area contributed by atoms with Gasteiger partial charge in [-0.2, -0.15) is 0 Å². The summed E-state index contributed by atoms with van der Waals surface area (Å²) in [4.78, 5) is 39.7. The molecule has 3 saturated heterocycles. The number of rotatable bonds is 2. The normalized spacial score (nSPS) is 30.3. The SMILES string of the molecule is O=C1NC[C@@H](C(=O)N2CCC3(CCC(=O)N(C4CC4)C3)CC2)N1. The quantitative estimate of drug-likeness (QED) is 0.755. The Morgan fingerprint density at radius 2 is 1.87 bits per heavy atom. The van der Waals surface area contributed by atoms with Crippen molar-refractivity contribution < 1.29 is 14.4 Å². The number of carbonyl (C=O) groups excluding carboxylic acids is 3. The summed E-state index contributed by atoms with van der Waals surface area (Å²) in [5.74, 6) is 0.334. The first-order chi connectivity index (χ1) is 11.1. The molecular formula is C16H24N4O3. The lowest BCUT2D eigenvalue weighted by Gasteiger charge is -2.47. The van der Waals surface area contributed by atoms with Crippen molar-refractivity contribution in [3.05, 3.63) is 0 Å². The molecule has 4 amide bonds. The number of carbonyl (C=O) groups is 3. The van der Waals surface area contributed by atoms with E-state index in [2.05, 4.69) is 15.5 Å². The third-order valence-corrected chi connectivity index (χ3v) is 5.89. The highest BCUT2D eigenvalue weighted by atomic mass is 16.2. The van der Waals surface area contributed by atoms with Crippen molar-refractivity contribution in [1.29, 1.82) is 0 Å². The minimum Gasteiger partial charge on any atom is -0.341 e. The Kier molecular flexibility index (Phi) is 3.46. The Morgan fingerprint density at radius 3 is 2.48 bits per heavy atom. The zero-order valence-corrected chi connectivity index (χ0v) is 13.3. The van der Waals surface area contributed by atoms with Crippen LogP contribution >= 0.6 is 0 Å². The van der Waals surface area contributed by atoms with E-state index in [0.717, 1.165) is 51.7 Å². The smallest absolute Gasteiger partial charge is 0.315 e. The largest absolute Gasteiger partial charge is 0.341 e. The van der Waals surface area contributed by atoms with Gasteiger partial charge >= 0.3 is 6.03 Å². The van der Waals surface area contributed by atoms with Gasteiger partial charge in [0.1, 0.15) is 6.04 Å². The average molecular weight is 320 g/mol. The fourth-order valence-corrected chi connectivity index (χ4v) is 4.20. The van der Waals surface area contributed by atoms with Crippen molar-refractivity contribution in [3.63, 3.8) is 0 Å². The summed E-state index contributed by atoms with van der Waals surface area (Å²) in [5.41, 5.74) is 0.199. The molecule has 3 heterocycles. The molecule has 1 aliphatic carbocycles. The Morgan fingerprint density at radius 1 is 1.13 bits per heavy atom. The minimum atomic E-state index is -0.424. The van der Waals surface area contributed by atoms with Crippen LogP contribution in [0, 0.1) is 5.41 Å². The monoisotopic (exact) mass is 320 g/mol. The molecule has 4 fully saturated rings. The van der Waals surface area contributed by atoms with E-state index >= 15 is 0 Å². The molecule has 2 N–H and O–H groups in total. The number of hydrogen-bond acceptors (Lipinski definition) is 3. The van der Waals surface area contributed by atoms with Crippen molar-refractivity contribution in [1.82, 2.24) is 20.4 Å². The molecule has 0 aromatic carbocycles. The number of likely N-dealkylation sites (tertiary alicyclic amines) is 2. The van der Waals surface area contributed by atoms with Gasteiger partial charge in [0.25, 0.3) is 0 Å². The fraction of sp³-hybridized carbons (Fsp3) is 0.812. The zero-order valence-electron chi connectivity index (χ0n) is 13.3. The van der Waals surface area contributed by atoms with Crippen LogP contribution in [0.1, 0.15) is 38.5 Å². The number of amides is 4. The lowest BCUT2D eigenvalue weighted by molar-refractivity contribution is -0.143. The number of hydrogen-bond donors (Lipinski definition) is 2. The van der Waals surface area contributed by atoms with Crippen molar-refractivity contribution in [3.8, 4) is 0 Å². The van der Waals surface area contributed by atoms with Crippen molar-refractivity contribution in [2.45, 2.75) is 50.6 Å². The van der Waals surface area contributed by atoms with Crippen molar-refractivity contribution in [2.24, 2.45) is 5.41 Å². The van der Waals surface area contributed by atoms with Crippen LogP contribution in [0.4, 0.5) is 4.79 Å². The van der Waals surface area contributed by atoms with Gasteiger partial charge in [0, 0.05) is 38.6 Å². The van der Waals surface area contributed by atoms with Gasteiger partial charge in [-0.25, -0.2) is 4.79 Å². The second kappa shape index (κ2) is 5.39. The number of nitrogens with one attached hydrogen (secondary N) is 2. The molecule has 0 aromatic heterocycles. The maximum atomic E-state index is 12.5. The van der Waals surface area contributed by atoms with E-state index in [-0.39, 0.29) is 17.4 Å². The molecule has 0 radical (unpaired) electrons. The van der Waals surface area contributed by atoms with Gasteiger partial charge < -0.3 is 20.4 Å². The highest BCUT2D eigenvalue weighted by molar-refractivity contribution is 5.90. The third kappa shape index (κ3) is 2.77. The van der Waals surface area contributed by atoms with Crippen LogP contribution in [0.3, 0.4) is 0 Å². The molecule has 1 spiro atoms. The van der Waals surface area contributed by atoms with Gasteiger partial charge in [-0.1, -0.05) is 0 Å². The highest BCUT2D eigenvalue weighted by Crippen LogP contribution is 2.43. The van der Waals surface area contributed by atoms with Gasteiger partial charge in [-0.3, -0.25) is 9.59 Å². The molecule has 3 aliphatic heterocycles. The van der Waals surface area contributed by atoms with E-state index in [9.17, 15) is 14.4 Å². The molecule has 4 rings (SSSR count). The lowest BCUT2D eigenvalue weighted by Crippen LogP contribution is -2.55. The molecule has 0 aromatic rings. The first-order valence-corrected chi connectivity index (χ1v) is 8.69. The summed E-state index contributed by atoms with van der Waals surface area (Å²) in [6, 6.07) is -0.200. The van der Waals surface area contributed by atoms with Crippen LogP contribution in [0.25, 0.3) is 0 Å². The van der Waals surface area contributed by atoms with E-state index < -0.39 is 6.04 Å².